The number of carbonyl (C=O) groups excluding carboxylic acids is 1. The van der Waals surface area contributed by atoms with E-state index < -0.39 is 0 Å². The second kappa shape index (κ2) is 7.86. The first kappa shape index (κ1) is 19.7. The molecule has 2 aliphatic heterocycles. The lowest BCUT2D eigenvalue weighted by Crippen LogP contribution is -2.56. The first-order valence-corrected chi connectivity index (χ1v) is 11.4. The van der Waals surface area contributed by atoms with Crippen LogP contribution in [0.5, 0.6) is 5.75 Å². The Morgan fingerprint density at radius 1 is 1.22 bits per heavy atom. The van der Waals surface area contributed by atoms with Gasteiger partial charge in [0.15, 0.2) is 5.82 Å². The van der Waals surface area contributed by atoms with Gasteiger partial charge in [-0.05, 0) is 38.0 Å². The molecule has 8 nitrogen and oxygen atoms in total. The fourth-order valence-corrected chi connectivity index (χ4v) is 4.71. The monoisotopic (exact) mass is 433 g/mol. The second-order valence-corrected chi connectivity index (χ2v) is 9.20. The van der Waals surface area contributed by atoms with Crippen molar-refractivity contribution in [2.75, 3.05) is 18.5 Å². The zero-order valence-corrected chi connectivity index (χ0v) is 18.1. The lowest BCUT2D eigenvalue weighted by molar-refractivity contribution is -0.117. The average molecular weight is 434 g/mol. The number of amides is 1. The van der Waals surface area contributed by atoms with Gasteiger partial charge in [0, 0.05) is 53.9 Å². The second-order valence-electron chi connectivity index (χ2n) is 9.20. The first-order valence-electron chi connectivity index (χ1n) is 11.4. The minimum absolute atomic E-state index is 0.0613. The van der Waals surface area contributed by atoms with Gasteiger partial charge in [-0.15, -0.1) is 0 Å². The summed E-state index contributed by atoms with van der Waals surface area (Å²) in [5.41, 5.74) is 3.76. The average Bonchev–Trinajstić information content (AvgIpc) is 3.55. The molecule has 166 valence electrons. The van der Waals surface area contributed by atoms with Crippen molar-refractivity contribution in [3.8, 4) is 16.9 Å². The number of pyridine rings is 2. The van der Waals surface area contributed by atoms with Crippen molar-refractivity contribution < 1.29 is 14.3 Å². The third-order valence-electron chi connectivity index (χ3n) is 6.46. The largest absolute Gasteiger partial charge is 0.488 e. The first-order chi connectivity index (χ1) is 15.6. The van der Waals surface area contributed by atoms with Gasteiger partial charge in [-0.2, -0.15) is 0 Å². The van der Waals surface area contributed by atoms with Crippen molar-refractivity contribution >= 4 is 17.4 Å². The number of hydrogen-bond acceptors (Lipinski definition) is 6. The molecular formula is C24H27N5O3. The molecule has 3 aromatic heterocycles. The number of fused-ring (bicyclic) bond motifs is 3. The van der Waals surface area contributed by atoms with Crippen LogP contribution < -0.4 is 15.4 Å². The van der Waals surface area contributed by atoms with Crippen LogP contribution >= 0.6 is 0 Å². The van der Waals surface area contributed by atoms with E-state index in [0.717, 1.165) is 67.1 Å². The van der Waals surface area contributed by atoms with Crippen LogP contribution in [-0.4, -0.2) is 51.7 Å². The summed E-state index contributed by atoms with van der Waals surface area (Å²) in [5.74, 6) is 1.59. The number of carbonyl (C=O) groups is 1. The number of nitrogens with one attached hydrogen (secondary N) is 2. The van der Waals surface area contributed by atoms with Crippen LogP contribution in [0.4, 0.5) is 5.82 Å². The Kier molecular flexibility index (Phi) is 4.84. The van der Waals surface area contributed by atoms with Crippen molar-refractivity contribution in [2.45, 2.75) is 50.8 Å². The summed E-state index contributed by atoms with van der Waals surface area (Å²) in [6.07, 6.45) is 9.66. The number of anilines is 1. The quantitative estimate of drug-likeness (QED) is 0.643. The molecular weight excluding hydrogens is 406 g/mol. The lowest BCUT2D eigenvalue weighted by atomic mass is 9.94. The van der Waals surface area contributed by atoms with Crippen LogP contribution in [0, 0.1) is 12.8 Å². The van der Waals surface area contributed by atoms with Gasteiger partial charge in [-0.1, -0.05) is 0 Å². The van der Waals surface area contributed by atoms with E-state index >= 15 is 0 Å². The Balaban J connectivity index is 1.27. The summed E-state index contributed by atoms with van der Waals surface area (Å²) in [4.78, 5) is 21.1. The molecule has 32 heavy (non-hydrogen) atoms. The molecule has 3 fully saturated rings. The fourth-order valence-electron chi connectivity index (χ4n) is 4.71. The molecule has 2 bridgehead atoms. The molecule has 3 atom stereocenters. The maximum atomic E-state index is 12.1. The number of hydrogen-bond donors (Lipinski definition) is 2. The van der Waals surface area contributed by atoms with E-state index in [1.54, 1.807) is 0 Å². The van der Waals surface area contributed by atoms with Crippen LogP contribution in [-0.2, 0) is 9.53 Å². The number of piperidine rings is 1. The number of aryl methyl sites for hydroxylation is 1. The molecule has 1 aliphatic carbocycles. The van der Waals surface area contributed by atoms with Crippen molar-refractivity contribution in [1.82, 2.24) is 19.7 Å². The highest BCUT2D eigenvalue weighted by Crippen LogP contribution is 2.34. The Morgan fingerprint density at radius 3 is 2.81 bits per heavy atom. The Bertz CT molecular complexity index is 1160. The van der Waals surface area contributed by atoms with E-state index in [4.69, 9.17) is 9.47 Å². The zero-order valence-electron chi connectivity index (χ0n) is 18.1. The maximum absolute atomic E-state index is 12.1. The molecule has 2 N–H and O–H groups in total. The number of imidazole rings is 1. The minimum Gasteiger partial charge on any atom is -0.488 e. The van der Waals surface area contributed by atoms with E-state index in [2.05, 4.69) is 26.7 Å². The molecule has 8 heteroatoms. The Labute approximate surface area is 186 Å². The molecule has 1 amide bonds. The predicted molar refractivity (Wildman–Crippen MR) is 120 cm³/mol. The maximum Gasteiger partial charge on any atom is 0.228 e. The zero-order chi connectivity index (χ0) is 21.7. The standard InChI is InChI=1S/C24H27N5O3/c1-14-6-20(21(9-25-14)32-19-7-17-12-31-13-18(8-19)26-17)16-4-5-23-27-22(11-29(23)10-16)28-24(30)15-2-3-15/h4-6,9-11,15,17-19,26H,2-3,7-8,12-13H2,1H3,(H,28,30)/t17-,18+,19-. The van der Waals surface area contributed by atoms with Crippen LogP contribution in [0.25, 0.3) is 16.8 Å². The summed E-state index contributed by atoms with van der Waals surface area (Å²) < 4.78 is 14.1. The highest BCUT2D eigenvalue weighted by Gasteiger charge is 2.33. The molecule has 0 aromatic carbocycles. The molecule has 5 heterocycles. The fraction of sp³-hybridized carbons (Fsp3) is 0.458. The van der Waals surface area contributed by atoms with Gasteiger partial charge in [0.2, 0.25) is 5.91 Å². The molecule has 3 aromatic rings. The molecule has 0 unspecified atom stereocenters. The molecule has 3 aliphatic rings. The normalized spacial score (nSPS) is 25.0. The van der Waals surface area contributed by atoms with E-state index in [-0.39, 0.29) is 17.9 Å². The number of aromatic nitrogens is 3. The highest BCUT2D eigenvalue weighted by molar-refractivity contribution is 5.93. The summed E-state index contributed by atoms with van der Waals surface area (Å²) in [6, 6.07) is 6.77. The van der Waals surface area contributed by atoms with Crippen LogP contribution in [0.3, 0.4) is 0 Å². The lowest BCUT2D eigenvalue weighted by Gasteiger charge is -2.40. The van der Waals surface area contributed by atoms with Gasteiger partial charge in [-0.3, -0.25) is 9.78 Å². The smallest absolute Gasteiger partial charge is 0.228 e. The van der Waals surface area contributed by atoms with Crippen molar-refractivity contribution in [3.05, 3.63) is 42.5 Å². The van der Waals surface area contributed by atoms with Gasteiger partial charge < -0.3 is 24.5 Å². The van der Waals surface area contributed by atoms with Crippen LogP contribution in [0.2, 0.25) is 0 Å². The SMILES string of the molecule is Cc1cc(-c2ccc3nc(NC(=O)C4CC4)cn3c2)c(O[C@H]2C[C@H]3COC[C@@H](C2)N3)cn1. The van der Waals surface area contributed by atoms with E-state index in [1.807, 2.05) is 42.0 Å². The van der Waals surface area contributed by atoms with Crippen LogP contribution in [0.1, 0.15) is 31.4 Å². The topological polar surface area (TPSA) is 89.8 Å². The van der Waals surface area contributed by atoms with Crippen molar-refractivity contribution in [2.24, 2.45) is 5.92 Å². The van der Waals surface area contributed by atoms with Gasteiger partial charge in [0.25, 0.3) is 0 Å². The summed E-state index contributed by atoms with van der Waals surface area (Å²) >= 11 is 0. The Morgan fingerprint density at radius 2 is 2.03 bits per heavy atom. The summed E-state index contributed by atoms with van der Waals surface area (Å²) in [6.45, 7) is 3.47. The molecule has 0 spiro atoms. The molecule has 1 saturated carbocycles. The summed E-state index contributed by atoms with van der Waals surface area (Å²) in [5, 5.41) is 6.53. The summed E-state index contributed by atoms with van der Waals surface area (Å²) in [7, 11) is 0. The molecule has 0 radical (unpaired) electrons. The highest BCUT2D eigenvalue weighted by atomic mass is 16.5. The predicted octanol–water partition coefficient (Wildman–Crippen LogP) is 2.95. The van der Waals surface area contributed by atoms with E-state index in [9.17, 15) is 4.79 Å². The molecule has 2 saturated heterocycles. The third-order valence-corrected chi connectivity index (χ3v) is 6.46. The Hall–Kier alpha value is -2.97. The number of ether oxygens (including phenoxy) is 2. The van der Waals surface area contributed by atoms with E-state index in [1.165, 1.54) is 0 Å². The minimum atomic E-state index is 0.0613. The number of nitrogens with zero attached hydrogens (tertiary/aromatic N) is 3. The van der Waals surface area contributed by atoms with Gasteiger partial charge in [0.1, 0.15) is 17.5 Å². The van der Waals surface area contributed by atoms with E-state index in [0.29, 0.717) is 17.9 Å². The van der Waals surface area contributed by atoms with Crippen molar-refractivity contribution in [1.29, 1.82) is 0 Å². The van der Waals surface area contributed by atoms with Crippen LogP contribution in [0.15, 0.2) is 36.8 Å². The number of morpholine rings is 1. The van der Waals surface area contributed by atoms with Gasteiger partial charge in [0.05, 0.1) is 25.6 Å². The molecule has 6 rings (SSSR count). The van der Waals surface area contributed by atoms with Gasteiger partial charge in [-0.25, -0.2) is 4.98 Å². The third kappa shape index (κ3) is 3.96. The van der Waals surface area contributed by atoms with Gasteiger partial charge >= 0.3 is 0 Å². The number of rotatable bonds is 5. The van der Waals surface area contributed by atoms with Crippen molar-refractivity contribution in [3.63, 3.8) is 0 Å².